The summed E-state index contributed by atoms with van der Waals surface area (Å²) in [7, 11) is 0. The number of rotatable bonds is 6. The van der Waals surface area contributed by atoms with E-state index in [1.165, 1.54) is 6.20 Å². The number of pyridine rings is 2. The maximum absolute atomic E-state index is 12.6. The Hall–Kier alpha value is -2.70. The lowest BCUT2D eigenvalue weighted by Crippen LogP contribution is -2.35. The Labute approximate surface area is 146 Å². The van der Waals surface area contributed by atoms with Gasteiger partial charge in [-0.25, -0.2) is 9.78 Å². The Balaban J connectivity index is 2.27. The number of nitrogens with one attached hydrogen (secondary N) is 1. The predicted molar refractivity (Wildman–Crippen MR) is 94.6 cm³/mol. The first-order valence-corrected chi connectivity index (χ1v) is 8.34. The molecule has 1 unspecified atom stereocenters. The lowest BCUT2D eigenvalue weighted by atomic mass is 10.2. The molecule has 0 saturated carbocycles. The monoisotopic (exact) mass is 345 g/mol. The molecule has 134 valence electrons. The molecule has 2 aromatic rings. The molecule has 2 aromatic heterocycles. The molecule has 25 heavy (non-hydrogen) atoms. The van der Waals surface area contributed by atoms with E-state index in [-0.39, 0.29) is 11.6 Å². The summed E-state index contributed by atoms with van der Waals surface area (Å²) in [5, 5.41) is 3.05. The number of esters is 1. The van der Waals surface area contributed by atoms with E-state index in [4.69, 9.17) is 4.74 Å². The van der Waals surface area contributed by atoms with Crippen LogP contribution < -0.4 is 10.7 Å². The third-order valence-electron chi connectivity index (χ3n) is 3.98. The maximum Gasteiger partial charge on any atom is 0.344 e. The summed E-state index contributed by atoms with van der Waals surface area (Å²) >= 11 is 0. The number of amides is 1. The Bertz CT molecular complexity index is 857. The molecule has 1 amide bonds. The van der Waals surface area contributed by atoms with Gasteiger partial charge in [-0.1, -0.05) is 6.92 Å². The van der Waals surface area contributed by atoms with Crippen molar-refractivity contribution in [3.05, 3.63) is 39.8 Å². The summed E-state index contributed by atoms with van der Waals surface area (Å²) in [5.74, 6) is -1.20. The molecule has 0 fully saturated rings. The van der Waals surface area contributed by atoms with Crippen molar-refractivity contribution in [1.82, 2.24) is 14.9 Å². The van der Waals surface area contributed by atoms with Gasteiger partial charge < -0.3 is 14.6 Å². The number of carbonyl (C=O) groups is 2. The molecule has 0 aliphatic carbocycles. The predicted octanol–water partition coefficient (Wildman–Crippen LogP) is 1.80. The SMILES string of the molecule is CCC(C)NC(=O)COC(=O)c1cn(CC)c2nc(C)ccc2c1=O. The van der Waals surface area contributed by atoms with Crippen LogP contribution in [-0.2, 0) is 16.1 Å². The Morgan fingerprint density at radius 2 is 2.04 bits per heavy atom. The van der Waals surface area contributed by atoms with E-state index in [9.17, 15) is 14.4 Å². The summed E-state index contributed by atoms with van der Waals surface area (Å²) in [6, 6.07) is 3.37. The van der Waals surface area contributed by atoms with Crippen LogP contribution in [-0.4, -0.2) is 34.1 Å². The van der Waals surface area contributed by atoms with Crippen molar-refractivity contribution in [3.63, 3.8) is 0 Å². The summed E-state index contributed by atoms with van der Waals surface area (Å²) in [4.78, 5) is 40.9. The molecule has 0 radical (unpaired) electrons. The highest BCUT2D eigenvalue weighted by molar-refractivity contribution is 5.94. The number of aryl methyl sites for hydroxylation is 2. The summed E-state index contributed by atoms with van der Waals surface area (Å²) < 4.78 is 6.73. The molecular weight excluding hydrogens is 322 g/mol. The molecule has 0 aromatic carbocycles. The fraction of sp³-hybridized carbons (Fsp3) is 0.444. The van der Waals surface area contributed by atoms with E-state index in [1.54, 1.807) is 16.7 Å². The molecule has 0 bridgehead atoms. The molecule has 0 saturated heterocycles. The van der Waals surface area contributed by atoms with Gasteiger partial charge in [0.05, 0.1) is 5.39 Å². The van der Waals surface area contributed by atoms with Crippen LogP contribution in [0.25, 0.3) is 11.0 Å². The van der Waals surface area contributed by atoms with Crippen LogP contribution in [0.4, 0.5) is 0 Å². The molecule has 1 atom stereocenters. The van der Waals surface area contributed by atoms with E-state index in [0.29, 0.717) is 17.6 Å². The van der Waals surface area contributed by atoms with Crippen molar-refractivity contribution in [3.8, 4) is 0 Å². The minimum atomic E-state index is -0.811. The second-order valence-corrected chi connectivity index (χ2v) is 5.93. The Morgan fingerprint density at radius 1 is 1.32 bits per heavy atom. The normalized spacial score (nSPS) is 12.0. The van der Waals surface area contributed by atoms with Gasteiger partial charge in [0, 0.05) is 24.5 Å². The van der Waals surface area contributed by atoms with Crippen LogP contribution in [0.2, 0.25) is 0 Å². The first kappa shape index (κ1) is 18.6. The lowest BCUT2D eigenvalue weighted by Gasteiger charge is -2.13. The molecule has 1 N–H and O–H groups in total. The number of aromatic nitrogens is 2. The second kappa shape index (κ2) is 7.92. The highest BCUT2D eigenvalue weighted by Gasteiger charge is 2.18. The number of fused-ring (bicyclic) bond motifs is 1. The van der Waals surface area contributed by atoms with Crippen LogP contribution in [0, 0.1) is 6.92 Å². The van der Waals surface area contributed by atoms with Crippen molar-refractivity contribution in [2.75, 3.05) is 6.61 Å². The van der Waals surface area contributed by atoms with Gasteiger partial charge in [0.15, 0.2) is 6.61 Å². The molecule has 0 spiro atoms. The smallest absolute Gasteiger partial charge is 0.344 e. The van der Waals surface area contributed by atoms with E-state index in [2.05, 4.69) is 10.3 Å². The van der Waals surface area contributed by atoms with Gasteiger partial charge in [-0.2, -0.15) is 0 Å². The fourth-order valence-corrected chi connectivity index (χ4v) is 2.37. The molecule has 2 rings (SSSR count). The fourth-order valence-electron chi connectivity index (χ4n) is 2.37. The molecule has 2 heterocycles. The van der Waals surface area contributed by atoms with E-state index >= 15 is 0 Å². The molecule has 7 heteroatoms. The van der Waals surface area contributed by atoms with E-state index < -0.39 is 23.9 Å². The molecular formula is C18H23N3O4. The molecule has 0 aliphatic heterocycles. The second-order valence-electron chi connectivity index (χ2n) is 5.93. The minimum absolute atomic E-state index is 0.00139. The number of carbonyl (C=O) groups excluding carboxylic acids is 2. The van der Waals surface area contributed by atoms with Crippen molar-refractivity contribution in [1.29, 1.82) is 0 Å². The molecule has 0 aliphatic rings. The standard InChI is InChI=1S/C18H23N3O4/c1-5-11(3)19-15(22)10-25-18(24)14-9-21(6-2)17-13(16(14)23)8-7-12(4)20-17/h7-9,11H,5-6,10H2,1-4H3,(H,19,22). The number of hydrogen-bond acceptors (Lipinski definition) is 5. The summed E-state index contributed by atoms with van der Waals surface area (Å²) in [6.45, 7) is 7.65. The average molecular weight is 345 g/mol. The minimum Gasteiger partial charge on any atom is -0.452 e. The van der Waals surface area contributed by atoms with Crippen molar-refractivity contribution < 1.29 is 14.3 Å². The van der Waals surface area contributed by atoms with E-state index in [0.717, 1.165) is 12.1 Å². The van der Waals surface area contributed by atoms with Gasteiger partial charge >= 0.3 is 5.97 Å². The number of hydrogen-bond donors (Lipinski definition) is 1. The number of nitrogens with zero attached hydrogens (tertiary/aromatic N) is 2. The van der Waals surface area contributed by atoms with E-state index in [1.807, 2.05) is 27.7 Å². The van der Waals surface area contributed by atoms with Gasteiger partial charge in [-0.05, 0) is 39.3 Å². The van der Waals surface area contributed by atoms with Crippen LogP contribution in [0.3, 0.4) is 0 Å². The third-order valence-corrected chi connectivity index (χ3v) is 3.98. The van der Waals surface area contributed by atoms with Gasteiger partial charge in [0.1, 0.15) is 11.2 Å². The third kappa shape index (κ3) is 4.23. The topological polar surface area (TPSA) is 90.3 Å². The highest BCUT2D eigenvalue weighted by Crippen LogP contribution is 2.11. The number of ether oxygens (including phenoxy) is 1. The van der Waals surface area contributed by atoms with Crippen LogP contribution in [0.1, 0.15) is 43.2 Å². The zero-order chi connectivity index (χ0) is 18.6. The zero-order valence-corrected chi connectivity index (χ0v) is 15.0. The van der Waals surface area contributed by atoms with Crippen LogP contribution in [0.5, 0.6) is 0 Å². The summed E-state index contributed by atoms with van der Waals surface area (Å²) in [5.41, 5.74) is 0.764. The first-order chi connectivity index (χ1) is 11.9. The molecule has 7 nitrogen and oxygen atoms in total. The first-order valence-electron chi connectivity index (χ1n) is 8.34. The highest BCUT2D eigenvalue weighted by atomic mass is 16.5. The Kier molecular flexibility index (Phi) is 5.90. The van der Waals surface area contributed by atoms with Crippen molar-refractivity contribution in [2.24, 2.45) is 0 Å². The maximum atomic E-state index is 12.6. The Morgan fingerprint density at radius 3 is 2.68 bits per heavy atom. The van der Waals surface area contributed by atoms with Crippen molar-refractivity contribution >= 4 is 22.9 Å². The quantitative estimate of drug-likeness (QED) is 0.806. The van der Waals surface area contributed by atoms with Crippen molar-refractivity contribution in [2.45, 2.75) is 46.7 Å². The van der Waals surface area contributed by atoms with Gasteiger partial charge in [-0.3, -0.25) is 9.59 Å². The lowest BCUT2D eigenvalue weighted by molar-refractivity contribution is -0.124. The zero-order valence-electron chi connectivity index (χ0n) is 15.0. The van der Waals surface area contributed by atoms with Crippen LogP contribution >= 0.6 is 0 Å². The largest absolute Gasteiger partial charge is 0.452 e. The summed E-state index contributed by atoms with van der Waals surface area (Å²) in [6.07, 6.45) is 2.21. The van der Waals surface area contributed by atoms with Gasteiger partial charge in [0.2, 0.25) is 5.43 Å². The average Bonchev–Trinajstić information content (AvgIpc) is 2.59. The van der Waals surface area contributed by atoms with Crippen LogP contribution in [0.15, 0.2) is 23.1 Å². The van der Waals surface area contributed by atoms with Gasteiger partial charge in [0.25, 0.3) is 5.91 Å². The van der Waals surface area contributed by atoms with Gasteiger partial charge in [-0.15, -0.1) is 0 Å².